The van der Waals surface area contributed by atoms with E-state index >= 15 is 0 Å². The van der Waals surface area contributed by atoms with Crippen molar-refractivity contribution < 1.29 is 61.4 Å². The number of phosphoric ester groups is 2. The van der Waals surface area contributed by atoms with Crippen LogP contribution in [0.1, 0.15) is 6.23 Å². The zero-order valence-electron chi connectivity index (χ0n) is 22.4. The van der Waals surface area contributed by atoms with E-state index in [-0.39, 0.29) is 34.0 Å². The van der Waals surface area contributed by atoms with Crippen molar-refractivity contribution in [2.75, 3.05) is 24.7 Å². The molecular formula is C20H23N10O13P2+. The Balaban J connectivity index is 1.02. The number of aliphatic hydroxyl groups is 2. The van der Waals surface area contributed by atoms with Gasteiger partial charge in [-0.1, -0.05) is 0 Å². The monoisotopic (exact) mass is 673 g/mol. The van der Waals surface area contributed by atoms with Crippen LogP contribution in [0, 0.1) is 0 Å². The van der Waals surface area contributed by atoms with Crippen LogP contribution in [0.5, 0.6) is 0 Å². The maximum absolute atomic E-state index is 13.2. The number of fused-ring (bicyclic) bond motifs is 5. The van der Waals surface area contributed by atoms with Crippen LogP contribution in [0.4, 0.5) is 11.6 Å². The van der Waals surface area contributed by atoms with Crippen LogP contribution in [0.2, 0.25) is 0 Å². The van der Waals surface area contributed by atoms with Crippen molar-refractivity contribution in [3.63, 3.8) is 0 Å². The van der Waals surface area contributed by atoms with Crippen LogP contribution in [-0.4, -0.2) is 109 Å². The molecule has 2 unspecified atom stereocenters. The quantitative estimate of drug-likeness (QED) is 0.0507. The van der Waals surface area contributed by atoms with Crippen LogP contribution < -0.4 is 11.5 Å². The molecule has 0 saturated carbocycles. The van der Waals surface area contributed by atoms with Gasteiger partial charge in [-0.05, 0) is 0 Å². The summed E-state index contributed by atoms with van der Waals surface area (Å²) in [4.78, 5) is 50.8. The lowest BCUT2D eigenvalue weighted by Crippen LogP contribution is -2.39. The van der Waals surface area contributed by atoms with Gasteiger partial charge in [-0.25, -0.2) is 43.6 Å². The number of nitrogen functional groups attached to an aromatic ring is 2. The lowest BCUT2D eigenvalue weighted by Gasteiger charge is -2.22. The maximum Gasteiger partial charge on any atom is 0.503 e. The predicted molar refractivity (Wildman–Crippen MR) is 141 cm³/mol. The van der Waals surface area contributed by atoms with E-state index in [4.69, 9.17) is 39.2 Å². The number of anilines is 2. The average Bonchev–Trinajstić information content (AvgIpc) is 3.43. The molecule has 240 valence electrons. The van der Waals surface area contributed by atoms with Crippen LogP contribution in [0.25, 0.3) is 22.3 Å². The van der Waals surface area contributed by atoms with E-state index in [0.29, 0.717) is 0 Å². The second kappa shape index (κ2) is 9.86. The van der Waals surface area contributed by atoms with E-state index in [1.165, 1.54) is 34.4 Å². The number of imidazole rings is 2. The third-order valence-electron chi connectivity index (χ3n) is 7.78. The van der Waals surface area contributed by atoms with Gasteiger partial charge in [-0.3, -0.25) is 22.7 Å². The van der Waals surface area contributed by atoms with Gasteiger partial charge in [0.2, 0.25) is 6.10 Å². The number of rotatable bonds is 8. The average molecular weight is 673 g/mol. The van der Waals surface area contributed by atoms with Gasteiger partial charge in [-0.2, -0.15) is 4.52 Å². The van der Waals surface area contributed by atoms with Crippen molar-refractivity contribution in [3.8, 4) is 0 Å². The van der Waals surface area contributed by atoms with Crippen molar-refractivity contribution in [2.24, 2.45) is 0 Å². The highest BCUT2D eigenvalue weighted by atomic mass is 31.2. The molecule has 4 fully saturated rings. The standard InChI is InChI=1S/C20H22N10O13P2/c21-15-9-17(25-3-23-15)29(5-27-9)19-11(32)12(7(1-31)38-19)39-44(33,34)37-2-8-13-14(41-45(35,36)40-13)20(42-43(8)20)30-6-28-10-16(22)24-4-26-18(10)30/h3-8,11-14,19,31-32H,1-2H2,(H5-,21,22,23,24,25,26,33,34,35,36)/p+1/t7-,8-,11-,12-,13-,14-,19-,20-/m1/s1. The largest absolute Gasteiger partial charge is 0.503 e. The number of hydrogen-bond acceptors (Lipinski definition) is 18. The van der Waals surface area contributed by atoms with Gasteiger partial charge in [0.15, 0.2) is 40.8 Å². The van der Waals surface area contributed by atoms with E-state index in [2.05, 4.69) is 34.4 Å². The van der Waals surface area contributed by atoms with Crippen molar-refractivity contribution >= 4 is 49.6 Å². The minimum atomic E-state index is -5.05. The van der Waals surface area contributed by atoms with E-state index in [0.717, 1.165) is 0 Å². The SMILES string of the molecule is Nc1ncnc2c1ncn2[C@@H]1O[C@H](CO)[C@@H](OP(=O)(O)OC[C@@H]2[C@H]3OP(=O)(O)O[C@H]3[C@@]3(n4cnc5c(N)ncnc54)O[O+]23)[C@H]1O. The summed E-state index contributed by atoms with van der Waals surface area (Å²) in [6.45, 7) is -1.40. The molecule has 8 N–H and O–H groups in total. The Bertz CT molecular complexity index is 1930. The third kappa shape index (κ3) is 4.33. The van der Waals surface area contributed by atoms with Crippen LogP contribution in [0.3, 0.4) is 0 Å². The molecule has 4 saturated heterocycles. The van der Waals surface area contributed by atoms with Crippen molar-refractivity contribution in [1.29, 1.82) is 0 Å². The lowest BCUT2D eigenvalue weighted by atomic mass is 10.1. The highest BCUT2D eigenvalue weighted by molar-refractivity contribution is 7.47. The molecule has 0 amide bonds. The Morgan fingerprint density at radius 1 is 1.07 bits per heavy atom. The normalized spacial score (nSPS) is 37.3. The van der Waals surface area contributed by atoms with E-state index in [9.17, 15) is 29.1 Å². The number of nitrogens with zero attached hydrogens (tertiary/aromatic N) is 8. The van der Waals surface area contributed by atoms with Gasteiger partial charge in [0.25, 0.3) is 6.10 Å². The maximum atomic E-state index is 13.2. The summed E-state index contributed by atoms with van der Waals surface area (Å²) in [6.07, 6.45) is -4.47. The van der Waals surface area contributed by atoms with Gasteiger partial charge in [0.05, 0.1) is 12.9 Å². The minimum absolute atomic E-state index is 0.0664. The number of aromatic nitrogens is 8. The van der Waals surface area contributed by atoms with Gasteiger partial charge in [-0.15, -0.1) is 0 Å². The molecule has 0 spiro atoms. The molecule has 4 aliphatic heterocycles. The predicted octanol–water partition coefficient (Wildman–Crippen LogP) is -2.04. The molecule has 23 nitrogen and oxygen atoms in total. The molecule has 8 rings (SSSR count). The van der Waals surface area contributed by atoms with Crippen molar-refractivity contribution in [1.82, 2.24) is 39.0 Å². The molecule has 4 aromatic heterocycles. The number of hydrogen-bond donors (Lipinski definition) is 6. The lowest BCUT2D eigenvalue weighted by molar-refractivity contribution is -0.223. The van der Waals surface area contributed by atoms with E-state index in [1.807, 2.05) is 0 Å². The summed E-state index contributed by atoms with van der Waals surface area (Å²) in [5.74, 6) is -1.53. The Morgan fingerprint density at radius 2 is 1.76 bits per heavy atom. The highest BCUT2D eigenvalue weighted by Gasteiger charge is 2.91. The molecule has 4 aromatic rings. The second-order valence-corrected chi connectivity index (χ2v) is 13.1. The Morgan fingerprint density at radius 3 is 2.49 bits per heavy atom. The molecule has 25 heteroatoms. The van der Waals surface area contributed by atoms with Crippen LogP contribution in [-0.2, 0) is 47.3 Å². The highest BCUT2D eigenvalue weighted by Crippen LogP contribution is 2.69. The van der Waals surface area contributed by atoms with Crippen molar-refractivity contribution in [3.05, 3.63) is 25.3 Å². The van der Waals surface area contributed by atoms with Crippen molar-refractivity contribution in [2.45, 2.75) is 48.8 Å². The third-order valence-corrected chi connectivity index (χ3v) is 9.77. The molecule has 0 aliphatic carbocycles. The topological polar surface area (TPSA) is 316 Å². The summed E-state index contributed by atoms with van der Waals surface area (Å²) in [7, 11) is -9.62. The number of ether oxygens (including phenoxy) is 1. The Labute approximate surface area is 249 Å². The zero-order valence-corrected chi connectivity index (χ0v) is 24.1. The van der Waals surface area contributed by atoms with Gasteiger partial charge in [0, 0.05) is 4.89 Å². The summed E-state index contributed by atoms with van der Waals surface area (Å²) >= 11 is 0. The summed E-state index contributed by atoms with van der Waals surface area (Å²) in [5, 5.41) is 20.9. The van der Waals surface area contributed by atoms with Crippen LogP contribution >= 0.6 is 15.6 Å². The number of nitrogens with two attached hydrogens (primary N) is 2. The molecule has 0 aromatic carbocycles. The fraction of sp³-hybridized carbons (Fsp3) is 0.500. The first kappa shape index (κ1) is 29.1. The Hall–Kier alpha value is -3.28. The molecule has 4 aliphatic rings. The van der Waals surface area contributed by atoms with Gasteiger partial charge < -0.3 is 36.2 Å². The smallest absolute Gasteiger partial charge is 0.394 e. The summed E-state index contributed by atoms with van der Waals surface area (Å²) < 4.78 is 57.3. The molecular weight excluding hydrogens is 650 g/mol. The first-order valence-corrected chi connectivity index (χ1v) is 16.0. The van der Waals surface area contributed by atoms with E-state index < -0.39 is 77.6 Å². The zero-order chi connectivity index (χ0) is 31.5. The molecule has 0 radical (unpaired) electrons. The first-order chi connectivity index (χ1) is 21.4. The van der Waals surface area contributed by atoms with Gasteiger partial charge >= 0.3 is 21.6 Å². The Kier molecular flexibility index (Phi) is 6.39. The number of aliphatic hydroxyl groups excluding tert-OH is 2. The number of phosphoric acid groups is 2. The summed E-state index contributed by atoms with van der Waals surface area (Å²) in [5.41, 5.74) is 12.5. The fourth-order valence-electron chi connectivity index (χ4n) is 5.79. The van der Waals surface area contributed by atoms with Gasteiger partial charge in [0.1, 0.15) is 49.4 Å². The molecule has 45 heavy (non-hydrogen) atoms. The van der Waals surface area contributed by atoms with E-state index in [1.54, 1.807) is 0 Å². The van der Waals surface area contributed by atoms with Crippen LogP contribution in [0.15, 0.2) is 25.3 Å². The fourth-order valence-corrected chi connectivity index (χ4v) is 7.90. The minimum Gasteiger partial charge on any atom is -0.394 e. The molecule has 8 heterocycles. The molecule has 0 bridgehead atoms. The molecule has 10 atom stereocenters. The first-order valence-electron chi connectivity index (χ1n) is 13.0. The second-order valence-electron chi connectivity index (χ2n) is 10.3. The summed E-state index contributed by atoms with van der Waals surface area (Å²) in [6, 6.07) is 0.